The molecule has 1 N–H and O–H groups in total. The fourth-order valence-electron chi connectivity index (χ4n) is 9.44. The van der Waals surface area contributed by atoms with Gasteiger partial charge in [-0.2, -0.15) is 0 Å². The van der Waals surface area contributed by atoms with E-state index in [1.54, 1.807) is 7.11 Å². The number of carbonyl (C=O) groups is 1. The number of carbonyl (C=O) groups excluding carboxylic acids is 1. The zero-order chi connectivity index (χ0) is 29.4. The summed E-state index contributed by atoms with van der Waals surface area (Å²) in [5.74, 6) is 1.43. The van der Waals surface area contributed by atoms with Crippen LogP contribution < -0.4 is 0 Å². The van der Waals surface area contributed by atoms with Gasteiger partial charge in [-0.05, 0) is 102 Å². The molecule has 0 aromatic carbocycles. The summed E-state index contributed by atoms with van der Waals surface area (Å²) in [6.45, 7) is 11.7. The van der Waals surface area contributed by atoms with E-state index in [4.69, 9.17) is 33.2 Å². The molecular formula is C32H54O9. The van der Waals surface area contributed by atoms with Gasteiger partial charge in [0.2, 0.25) is 0 Å². The Labute approximate surface area is 246 Å². The Balaban J connectivity index is 1.27. The second-order valence-corrected chi connectivity index (χ2v) is 13.6. The Bertz CT molecular complexity index is 900. The van der Waals surface area contributed by atoms with Crippen molar-refractivity contribution in [3.63, 3.8) is 0 Å². The van der Waals surface area contributed by atoms with Gasteiger partial charge in [-0.3, -0.25) is 4.79 Å². The third-order valence-electron chi connectivity index (χ3n) is 11.9. The first-order valence-electron chi connectivity index (χ1n) is 16.1. The van der Waals surface area contributed by atoms with Gasteiger partial charge in [-0.25, -0.2) is 0 Å². The van der Waals surface area contributed by atoms with Crippen molar-refractivity contribution >= 4 is 5.78 Å². The highest BCUT2D eigenvalue weighted by Gasteiger charge is 2.67. The molecule has 1 aliphatic heterocycles. The minimum atomic E-state index is -0.846. The van der Waals surface area contributed by atoms with Crippen molar-refractivity contribution < 1.29 is 43.1 Å². The van der Waals surface area contributed by atoms with E-state index in [2.05, 4.69) is 6.92 Å². The van der Waals surface area contributed by atoms with Crippen molar-refractivity contribution in [3.05, 3.63) is 0 Å². The number of fused-ring (bicyclic) bond motifs is 5. The van der Waals surface area contributed by atoms with Crippen LogP contribution in [-0.2, 0) is 38.0 Å². The van der Waals surface area contributed by atoms with Crippen molar-refractivity contribution in [2.75, 3.05) is 33.9 Å². The van der Waals surface area contributed by atoms with Gasteiger partial charge in [-0.1, -0.05) is 6.92 Å². The number of ether oxygens (including phenoxy) is 7. The second kappa shape index (κ2) is 12.8. The lowest BCUT2D eigenvalue weighted by Gasteiger charge is -2.62. The van der Waals surface area contributed by atoms with E-state index >= 15 is 0 Å². The summed E-state index contributed by atoms with van der Waals surface area (Å²) in [6, 6.07) is 0. The summed E-state index contributed by atoms with van der Waals surface area (Å²) < 4.78 is 42.2. The molecule has 1 saturated heterocycles. The lowest BCUT2D eigenvalue weighted by atomic mass is 9.44. The van der Waals surface area contributed by atoms with E-state index < -0.39 is 29.5 Å². The number of aliphatic hydroxyl groups is 1. The molecule has 9 nitrogen and oxygen atoms in total. The Morgan fingerprint density at radius 2 is 1.61 bits per heavy atom. The number of methoxy groups -OCH3 is 1. The molecule has 1 heterocycles. The van der Waals surface area contributed by atoms with Crippen molar-refractivity contribution in [2.45, 2.75) is 135 Å². The van der Waals surface area contributed by atoms with Gasteiger partial charge in [0.1, 0.15) is 37.7 Å². The van der Waals surface area contributed by atoms with Gasteiger partial charge < -0.3 is 38.3 Å². The van der Waals surface area contributed by atoms with Crippen LogP contribution in [0.1, 0.15) is 92.4 Å². The monoisotopic (exact) mass is 582 g/mol. The molecule has 4 saturated carbocycles. The highest BCUT2D eigenvalue weighted by Crippen LogP contribution is 2.67. The summed E-state index contributed by atoms with van der Waals surface area (Å²) in [4.78, 5) is 12.8. The van der Waals surface area contributed by atoms with Crippen LogP contribution in [0.25, 0.3) is 0 Å². The van der Waals surface area contributed by atoms with E-state index in [1.807, 2.05) is 27.7 Å². The largest absolute Gasteiger partial charge is 0.389 e. The van der Waals surface area contributed by atoms with E-state index in [0.29, 0.717) is 37.9 Å². The van der Waals surface area contributed by atoms with Crippen LogP contribution in [0.2, 0.25) is 0 Å². The summed E-state index contributed by atoms with van der Waals surface area (Å²) >= 11 is 0. The first-order chi connectivity index (χ1) is 19.6. The fraction of sp³-hybridized carbons (Fsp3) is 0.969. The normalized spacial score (nSPS) is 48.0. The fourth-order valence-corrected chi connectivity index (χ4v) is 9.44. The number of Topliss-reactive ketones (excluding diaryl/α,β-unsaturated/α-hetero) is 1. The predicted octanol–water partition coefficient (Wildman–Crippen LogP) is 4.62. The molecule has 41 heavy (non-hydrogen) atoms. The number of rotatable bonds is 11. The van der Waals surface area contributed by atoms with Crippen LogP contribution in [-0.4, -0.2) is 87.2 Å². The van der Waals surface area contributed by atoms with Crippen molar-refractivity contribution in [1.29, 1.82) is 0 Å². The van der Waals surface area contributed by atoms with Crippen LogP contribution in [0, 0.1) is 28.6 Å². The summed E-state index contributed by atoms with van der Waals surface area (Å²) in [6.07, 6.45) is 5.87. The smallest absolute Gasteiger partial charge is 0.187 e. The highest BCUT2D eigenvalue weighted by atomic mass is 16.8. The molecule has 0 radical (unpaired) electrons. The van der Waals surface area contributed by atoms with Crippen LogP contribution in [0.4, 0.5) is 0 Å². The Morgan fingerprint density at radius 3 is 2.29 bits per heavy atom. The van der Waals surface area contributed by atoms with Crippen molar-refractivity contribution in [2.24, 2.45) is 28.6 Å². The minimum absolute atomic E-state index is 0.0448. The molecule has 0 unspecified atom stereocenters. The molecule has 0 spiro atoms. The van der Waals surface area contributed by atoms with Gasteiger partial charge in [-0.15, -0.1) is 0 Å². The van der Waals surface area contributed by atoms with Crippen molar-refractivity contribution in [1.82, 2.24) is 0 Å². The van der Waals surface area contributed by atoms with E-state index in [1.165, 1.54) is 0 Å². The standard InChI is InChI=1S/C32H54O9/c1-7-36-18-38-26-20(3)40-29(28(27(26)35-6)39-19-37-8-2)41-22-11-14-30(4)21(17-22)9-10-24-23(30)12-15-31(5)25(33)13-16-32(24,31)34/h20-24,26-29,34H,7-19H2,1-6H3/t20-,21+,22-,23-,24+,26-,27+,28-,29-,30-,31+,32-/m0/s1. The first kappa shape index (κ1) is 31.8. The molecule has 9 heteroatoms. The molecule has 0 aromatic heterocycles. The average Bonchev–Trinajstić information content (AvgIpc) is 3.20. The molecule has 12 atom stereocenters. The molecule has 0 bridgehead atoms. The maximum atomic E-state index is 12.8. The summed E-state index contributed by atoms with van der Waals surface area (Å²) in [5, 5.41) is 12.0. The molecule has 5 rings (SSSR count). The van der Waals surface area contributed by atoms with Crippen LogP contribution in [0.3, 0.4) is 0 Å². The lowest BCUT2D eigenvalue weighted by Crippen LogP contribution is -2.63. The topological polar surface area (TPSA) is 102 Å². The quantitative estimate of drug-likeness (QED) is 0.212. The Kier molecular flexibility index (Phi) is 9.88. The van der Waals surface area contributed by atoms with E-state index in [0.717, 1.165) is 44.9 Å². The molecule has 236 valence electrons. The van der Waals surface area contributed by atoms with Crippen LogP contribution in [0.15, 0.2) is 0 Å². The predicted molar refractivity (Wildman–Crippen MR) is 151 cm³/mol. The molecule has 0 aromatic rings. The first-order valence-corrected chi connectivity index (χ1v) is 16.1. The third kappa shape index (κ3) is 5.56. The van der Waals surface area contributed by atoms with Gasteiger partial charge in [0.25, 0.3) is 0 Å². The number of hydrogen-bond donors (Lipinski definition) is 1. The second-order valence-electron chi connectivity index (χ2n) is 13.6. The molecule has 0 amide bonds. The number of hydrogen-bond acceptors (Lipinski definition) is 9. The minimum Gasteiger partial charge on any atom is -0.389 e. The van der Waals surface area contributed by atoms with Gasteiger partial charge in [0.05, 0.1) is 23.2 Å². The zero-order valence-corrected chi connectivity index (χ0v) is 26.1. The number of ketones is 1. The molecule has 4 aliphatic carbocycles. The van der Waals surface area contributed by atoms with E-state index in [-0.39, 0.29) is 49.0 Å². The van der Waals surface area contributed by atoms with Crippen molar-refractivity contribution in [3.8, 4) is 0 Å². The van der Waals surface area contributed by atoms with Crippen LogP contribution in [0.5, 0.6) is 0 Å². The van der Waals surface area contributed by atoms with Gasteiger partial charge >= 0.3 is 0 Å². The van der Waals surface area contributed by atoms with Crippen LogP contribution >= 0.6 is 0 Å². The lowest BCUT2D eigenvalue weighted by molar-refractivity contribution is -0.339. The van der Waals surface area contributed by atoms with Gasteiger partial charge in [0.15, 0.2) is 6.29 Å². The Morgan fingerprint density at radius 1 is 0.902 bits per heavy atom. The zero-order valence-electron chi connectivity index (χ0n) is 26.1. The Hall–Kier alpha value is -0.650. The summed E-state index contributed by atoms with van der Waals surface area (Å²) in [5.41, 5.74) is -1.27. The molecular weight excluding hydrogens is 528 g/mol. The average molecular weight is 583 g/mol. The maximum absolute atomic E-state index is 12.8. The van der Waals surface area contributed by atoms with Gasteiger partial charge in [0, 0.05) is 26.7 Å². The third-order valence-corrected chi connectivity index (χ3v) is 11.9. The molecule has 5 aliphatic rings. The SMILES string of the molecule is CCOCO[C@@H]1[C@H](O[C@H]2CC[C@@]3(C)[C@H](CC[C@@H]4[C@@H]3CC[C@]3(C)C(=O)CC[C@]43O)C2)O[C@@H](C)[C@H](OCOCC)[C@H]1OC. The molecule has 5 fully saturated rings. The van der Waals surface area contributed by atoms with E-state index in [9.17, 15) is 9.90 Å². The summed E-state index contributed by atoms with van der Waals surface area (Å²) in [7, 11) is 1.67. The highest BCUT2D eigenvalue weighted by molar-refractivity contribution is 5.88. The maximum Gasteiger partial charge on any atom is 0.187 e.